The van der Waals surface area contributed by atoms with Crippen LogP contribution in [-0.2, 0) is 11.3 Å². The number of nitrogens with zero attached hydrogens (tertiary/aromatic N) is 1. The van der Waals surface area contributed by atoms with Crippen LogP contribution in [0.25, 0.3) is 0 Å². The molecular weight excluding hydrogens is 316 g/mol. The van der Waals surface area contributed by atoms with Crippen LogP contribution in [-0.4, -0.2) is 22.9 Å². The standard InChI is InChI=1S/C16H21BrN2O/c17-14-6-2-1-4-11(14)10-19(12-8-9-12)16(20)13-5-3-7-15(13)18/h1-2,4,6,12-13,15H,3,5,7-10,18H2. The van der Waals surface area contributed by atoms with Gasteiger partial charge in [-0.3, -0.25) is 4.79 Å². The molecule has 1 aromatic rings. The first-order valence-corrected chi connectivity index (χ1v) is 8.25. The number of hydrogen-bond donors (Lipinski definition) is 1. The van der Waals surface area contributed by atoms with Crippen molar-refractivity contribution in [1.82, 2.24) is 4.90 Å². The van der Waals surface area contributed by atoms with E-state index in [4.69, 9.17) is 5.73 Å². The van der Waals surface area contributed by atoms with Gasteiger partial charge in [0, 0.05) is 23.1 Å². The number of carbonyl (C=O) groups is 1. The first-order valence-electron chi connectivity index (χ1n) is 7.46. The summed E-state index contributed by atoms with van der Waals surface area (Å²) in [4.78, 5) is 14.8. The van der Waals surface area contributed by atoms with Crippen LogP contribution in [0.15, 0.2) is 28.7 Å². The normalized spacial score (nSPS) is 25.7. The van der Waals surface area contributed by atoms with Crippen LogP contribution < -0.4 is 5.73 Å². The molecular formula is C16H21BrN2O. The third-order valence-electron chi connectivity index (χ3n) is 4.46. The molecule has 0 heterocycles. The molecule has 3 rings (SSSR count). The molecule has 0 radical (unpaired) electrons. The van der Waals surface area contributed by atoms with E-state index in [9.17, 15) is 4.79 Å². The van der Waals surface area contributed by atoms with Crippen LogP contribution in [0.2, 0.25) is 0 Å². The average molecular weight is 337 g/mol. The Bertz CT molecular complexity index is 501. The molecule has 2 aliphatic rings. The minimum absolute atomic E-state index is 0.0399. The lowest BCUT2D eigenvalue weighted by Gasteiger charge is -2.27. The van der Waals surface area contributed by atoms with E-state index in [0.717, 1.165) is 36.6 Å². The second-order valence-corrected chi connectivity index (χ2v) is 6.84. The summed E-state index contributed by atoms with van der Waals surface area (Å²) >= 11 is 3.58. The molecule has 1 aromatic carbocycles. The van der Waals surface area contributed by atoms with Crippen molar-refractivity contribution in [1.29, 1.82) is 0 Å². The molecule has 20 heavy (non-hydrogen) atoms. The SMILES string of the molecule is NC1CCCC1C(=O)N(Cc1ccccc1Br)C1CC1. The highest BCUT2D eigenvalue weighted by Crippen LogP contribution is 2.34. The van der Waals surface area contributed by atoms with Gasteiger partial charge < -0.3 is 10.6 Å². The van der Waals surface area contributed by atoms with Crippen LogP contribution >= 0.6 is 15.9 Å². The number of nitrogens with two attached hydrogens (primary N) is 1. The van der Waals surface area contributed by atoms with Gasteiger partial charge in [0.1, 0.15) is 0 Å². The topological polar surface area (TPSA) is 46.3 Å². The predicted molar refractivity (Wildman–Crippen MR) is 83.0 cm³/mol. The van der Waals surface area contributed by atoms with Crippen molar-refractivity contribution in [3.63, 3.8) is 0 Å². The van der Waals surface area contributed by atoms with Crippen LogP contribution in [0.3, 0.4) is 0 Å². The van der Waals surface area contributed by atoms with E-state index in [0.29, 0.717) is 12.6 Å². The van der Waals surface area contributed by atoms with E-state index in [1.54, 1.807) is 0 Å². The first-order chi connectivity index (χ1) is 9.66. The molecule has 3 nitrogen and oxygen atoms in total. The highest BCUT2D eigenvalue weighted by Gasteiger charge is 2.39. The van der Waals surface area contributed by atoms with Gasteiger partial charge in [0.15, 0.2) is 0 Å². The highest BCUT2D eigenvalue weighted by molar-refractivity contribution is 9.10. The molecule has 2 aliphatic carbocycles. The Hall–Kier alpha value is -0.870. The maximum absolute atomic E-state index is 12.8. The predicted octanol–water partition coefficient (Wildman–Crippen LogP) is 3.07. The van der Waals surface area contributed by atoms with Crippen molar-refractivity contribution < 1.29 is 4.79 Å². The molecule has 0 spiro atoms. The summed E-state index contributed by atoms with van der Waals surface area (Å²) in [5.41, 5.74) is 7.28. The lowest BCUT2D eigenvalue weighted by Crippen LogP contribution is -2.42. The van der Waals surface area contributed by atoms with Gasteiger partial charge in [-0.2, -0.15) is 0 Å². The van der Waals surface area contributed by atoms with E-state index >= 15 is 0 Å². The Kier molecular flexibility index (Phi) is 4.13. The van der Waals surface area contributed by atoms with Gasteiger partial charge in [-0.1, -0.05) is 40.5 Å². The molecule has 2 fully saturated rings. The minimum Gasteiger partial charge on any atom is -0.335 e. The third-order valence-corrected chi connectivity index (χ3v) is 5.23. The fourth-order valence-corrected chi connectivity index (χ4v) is 3.50. The van der Waals surface area contributed by atoms with E-state index in [2.05, 4.69) is 26.9 Å². The van der Waals surface area contributed by atoms with Gasteiger partial charge in [-0.15, -0.1) is 0 Å². The van der Waals surface area contributed by atoms with E-state index < -0.39 is 0 Å². The summed E-state index contributed by atoms with van der Waals surface area (Å²) in [6.45, 7) is 0.703. The monoisotopic (exact) mass is 336 g/mol. The van der Waals surface area contributed by atoms with Crippen LogP contribution in [0, 0.1) is 5.92 Å². The van der Waals surface area contributed by atoms with Crippen molar-refractivity contribution in [2.75, 3.05) is 0 Å². The summed E-state index contributed by atoms with van der Waals surface area (Å²) in [7, 11) is 0. The summed E-state index contributed by atoms with van der Waals surface area (Å²) in [6.07, 6.45) is 5.31. The summed E-state index contributed by atoms with van der Waals surface area (Å²) in [6, 6.07) is 8.64. The second-order valence-electron chi connectivity index (χ2n) is 5.99. The second kappa shape index (κ2) is 5.86. The zero-order valence-corrected chi connectivity index (χ0v) is 13.2. The van der Waals surface area contributed by atoms with Gasteiger partial charge >= 0.3 is 0 Å². The molecule has 0 bridgehead atoms. The molecule has 0 aliphatic heterocycles. The van der Waals surface area contributed by atoms with Crippen molar-refractivity contribution in [2.24, 2.45) is 11.7 Å². The zero-order chi connectivity index (χ0) is 14.1. The van der Waals surface area contributed by atoms with Gasteiger partial charge in [0.25, 0.3) is 0 Å². The number of amides is 1. The molecule has 108 valence electrons. The maximum atomic E-state index is 12.8. The van der Waals surface area contributed by atoms with Gasteiger partial charge in [-0.05, 0) is 37.3 Å². The molecule has 2 N–H and O–H groups in total. The molecule has 0 aromatic heterocycles. The molecule has 1 amide bonds. The Morgan fingerprint density at radius 3 is 2.60 bits per heavy atom. The Labute approximate surface area is 128 Å². The number of benzene rings is 1. The van der Waals surface area contributed by atoms with Crippen LogP contribution in [0.4, 0.5) is 0 Å². The Morgan fingerprint density at radius 1 is 1.25 bits per heavy atom. The quantitative estimate of drug-likeness (QED) is 0.918. The van der Waals surface area contributed by atoms with E-state index in [-0.39, 0.29) is 17.9 Å². The van der Waals surface area contributed by atoms with Crippen molar-refractivity contribution in [2.45, 2.75) is 50.7 Å². The summed E-state index contributed by atoms with van der Waals surface area (Å²) in [5.74, 6) is 0.311. The van der Waals surface area contributed by atoms with E-state index in [1.807, 2.05) is 18.2 Å². The van der Waals surface area contributed by atoms with Crippen LogP contribution in [0.5, 0.6) is 0 Å². The average Bonchev–Trinajstić information content (AvgIpc) is 3.19. The number of hydrogen-bond acceptors (Lipinski definition) is 2. The van der Waals surface area contributed by atoms with Crippen LogP contribution in [0.1, 0.15) is 37.7 Å². The Balaban J connectivity index is 1.76. The molecule has 2 saturated carbocycles. The zero-order valence-electron chi connectivity index (χ0n) is 11.6. The largest absolute Gasteiger partial charge is 0.335 e. The fraction of sp³-hybridized carbons (Fsp3) is 0.562. The number of halogens is 1. The molecule has 4 heteroatoms. The smallest absolute Gasteiger partial charge is 0.227 e. The Morgan fingerprint density at radius 2 is 2.00 bits per heavy atom. The number of rotatable bonds is 4. The van der Waals surface area contributed by atoms with Gasteiger partial charge in [0.05, 0.1) is 5.92 Å². The summed E-state index contributed by atoms with van der Waals surface area (Å²) < 4.78 is 1.08. The fourth-order valence-electron chi connectivity index (χ4n) is 3.09. The lowest BCUT2D eigenvalue weighted by atomic mass is 10.0. The lowest BCUT2D eigenvalue weighted by molar-refractivity contribution is -0.137. The van der Waals surface area contributed by atoms with Gasteiger partial charge in [0.2, 0.25) is 5.91 Å². The molecule has 2 unspecified atom stereocenters. The van der Waals surface area contributed by atoms with Crippen molar-refractivity contribution >= 4 is 21.8 Å². The summed E-state index contributed by atoms with van der Waals surface area (Å²) in [5, 5.41) is 0. The third kappa shape index (κ3) is 2.91. The highest BCUT2D eigenvalue weighted by atomic mass is 79.9. The maximum Gasteiger partial charge on any atom is 0.227 e. The van der Waals surface area contributed by atoms with Gasteiger partial charge in [-0.25, -0.2) is 0 Å². The van der Waals surface area contributed by atoms with E-state index in [1.165, 1.54) is 5.56 Å². The molecule has 2 atom stereocenters. The number of carbonyl (C=O) groups excluding carboxylic acids is 1. The minimum atomic E-state index is 0.0399. The first kappa shape index (κ1) is 14.1. The van der Waals surface area contributed by atoms with Crippen molar-refractivity contribution in [3.05, 3.63) is 34.3 Å². The molecule has 0 saturated heterocycles. The van der Waals surface area contributed by atoms with Crippen molar-refractivity contribution in [3.8, 4) is 0 Å².